The Kier molecular flexibility index (Phi) is 3.31. The van der Waals surface area contributed by atoms with Gasteiger partial charge in [-0.05, 0) is 61.3 Å². The fourth-order valence-corrected chi connectivity index (χ4v) is 6.74. The van der Waals surface area contributed by atoms with E-state index in [-0.39, 0.29) is 10.8 Å². The normalized spacial score (nSPS) is 40.8. The van der Waals surface area contributed by atoms with E-state index in [9.17, 15) is 4.79 Å². The first-order chi connectivity index (χ1) is 11.7. The van der Waals surface area contributed by atoms with E-state index in [1.54, 1.807) is 0 Å². The summed E-state index contributed by atoms with van der Waals surface area (Å²) in [6, 6.07) is 11.1. The maximum Gasteiger partial charge on any atom is 0.228 e. The number of carbonyl (C=O) groups is 1. The van der Waals surface area contributed by atoms with Crippen LogP contribution < -0.4 is 0 Å². The van der Waals surface area contributed by atoms with Crippen molar-refractivity contribution in [3.05, 3.63) is 35.9 Å². The number of morpholine rings is 1. The number of hydrogen-bond donors (Lipinski definition) is 0. The van der Waals surface area contributed by atoms with Gasteiger partial charge in [-0.15, -0.1) is 0 Å². The third-order valence-electron chi connectivity index (χ3n) is 7.20. The van der Waals surface area contributed by atoms with Gasteiger partial charge in [-0.1, -0.05) is 30.3 Å². The van der Waals surface area contributed by atoms with Gasteiger partial charge in [0, 0.05) is 13.1 Å². The van der Waals surface area contributed by atoms with E-state index in [0.29, 0.717) is 19.1 Å². The summed E-state index contributed by atoms with van der Waals surface area (Å²) in [5.74, 6) is 1.94. The van der Waals surface area contributed by atoms with E-state index >= 15 is 0 Å². The molecule has 5 aliphatic rings. The highest BCUT2D eigenvalue weighted by atomic mass is 16.5. The number of benzene rings is 1. The second kappa shape index (κ2) is 5.32. The van der Waals surface area contributed by atoms with Crippen LogP contribution in [0.3, 0.4) is 0 Å². The minimum atomic E-state index is -0.0860. The van der Waals surface area contributed by atoms with Crippen LogP contribution in [0.4, 0.5) is 0 Å². The summed E-state index contributed by atoms with van der Waals surface area (Å²) < 4.78 is 5.46. The zero-order chi connectivity index (χ0) is 16.2. The largest absolute Gasteiger partial charge is 0.378 e. The van der Waals surface area contributed by atoms with Crippen LogP contribution in [0.2, 0.25) is 0 Å². The van der Waals surface area contributed by atoms with Crippen molar-refractivity contribution >= 4 is 5.91 Å². The van der Waals surface area contributed by atoms with Crippen LogP contribution >= 0.6 is 0 Å². The summed E-state index contributed by atoms with van der Waals surface area (Å²) in [6.45, 7) is 2.99. The first-order valence-corrected chi connectivity index (χ1v) is 9.62. The molecule has 4 saturated carbocycles. The summed E-state index contributed by atoms with van der Waals surface area (Å²) in [5.41, 5.74) is 1.66. The first kappa shape index (κ1) is 14.9. The van der Waals surface area contributed by atoms with Crippen LogP contribution in [0.1, 0.15) is 44.1 Å². The maximum absolute atomic E-state index is 13.5. The molecule has 3 nitrogen and oxygen atoms in total. The minimum Gasteiger partial charge on any atom is -0.378 e. The molecule has 1 heterocycles. The maximum atomic E-state index is 13.5. The molecule has 0 radical (unpaired) electrons. The SMILES string of the molecule is O=C(N1CCOCC1)C12C[C@@H]3C[C@@H](C1)CC(c1ccccc1)(C3)C2. The molecule has 3 heteroatoms. The van der Waals surface area contributed by atoms with Crippen molar-refractivity contribution in [3.63, 3.8) is 0 Å². The molecule has 0 N–H and O–H groups in total. The van der Waals surface area contributed by atoms with Gasteiger partial charge >= 0.3 is 0 Å². The quantitative estimate of drug-likeness (QED) is 0.834. The standard InChI is InChI=1S/C21H27NO2/c23-19(22-6-8-24-9-7-22)21-13-16-10-17(14-21)12-20(11-16,15-21)18-4-2-1-3-5-18/h1-5,16-17H,6-15H2/t16-,17-,20?,21?/m1/s1. The summed E-state index contributed by atoms with van der Waals surface area (Å²) >= 11 is 0. The smallest absolute Gasteiger partial charge is 0.228 e. The molecule has 4 aliphatic carbocycles. The molecule has 4 bridgehead atoms. The average Bonchev–Trinajstić information content (AvgIpc) is 2.61. The highest BCUT2D eigenvalue weighted by Gasteiger charge is 2.61. The van der Waals surface area contributed by atoms with Gasteiger partial charge < -0.3 is 9.64 Å². The number of carbonyl (C=O) groups excluding carboxylic acids is 1. The second-order valence-corrected chi connectivity index (χ2v) is 8.79. The number of hydrogen-bond acceptors (Lipinski definition) is 2. The Morgan fingerprint density at radius 2 is 1.67 bits per heavy atom. The van der Waals surface area contributed by atoms with Gasteiger partial charge in [0.05, 0.1) is 18.6 Å². The van der Waals surface area contributed by atoms with Crippen LogP contribution in [0, 0.1) is 17.3 Å². The first-order valence-electron chi connectivity index (χ1n) is 9.62. The molecule has 5 fully saturated rings. The summed E-state index contributed by atoms with van der Waals surface area (Å²) in [4.78, 5) is 15.6. The van der Waals surface area contributed by atoms with E-state index in [2.05, 4.69) is 35.2 Å². The monoisotopic (exact) mass is 325 g/mol. The molecule has 6 rings (SSSR count). The molecule has 0 aromatic heterocycles. The zero-order valence-corrected chi connectivity index (χ0v) is 14.4. The summed E-state index contributed by atoms with van der Waals surface area (Å²) in [7, 11) is 0. The van der Waals surface area contributed by atoms with Gasteiger partial charge in [-0.3, -0.25) is 4.79 Å². The van der Waals surface area contributed by atoms with Crippen LogP contribution in [-0.4, -0.2) is 37.1 Å². The Balaban J connectivity index is 1.50. The molecule has 2 atom stereocenters. The lowest BCUT2D eigenvalue weighted by Crippen LogP contribution is -2.60. The molecule has 1 aromatic carbocycles. The van der Waals surface area contributed by atoms with Crippen LogP contribution in [0.25, 0.3) is 0 Å². The second-order valence-electron chi connectivity index (χ2n) is 8.79. The van der Waals surface area contributed by atoms with E-state index in [1.165, 1.54) is 24.8 Å². The summed E-state index contributed by atoms with van der Waals surface area (Å²) in [5, 5.41) is 0. The van der Waals surface area contributed by atoms with Crippen molar-refractivity contribution < 1.29 is 9.53 Å². The minimum absolute atomic E-state index is 0.0860. The number of amides is 1. The fraction of sp³-hybridized carbons (Fsp3) is 0.667. The van der Waals surface area contributed by atoms with Gasteiger partial charge in [0.2, 0.25) is 5.91 Å². The summed E-state index contributed by atoms with van der Waals surface area (Å²) in [6.07, 6.45) is 7.29. The van der Waals surface area contributed by atoms with Crippen LogP contribution in [0.15, 0.2) is 30.3 Å². The average molecular weight is 325 g/mol. The molecule has 0 spiro atoms. The Morgan fingerprint density at radius 1 is 1.00 bits per heavy atom. The van der Waals surface area contributed by atoms with Crippen molar-refractivity contribution in [1.29, 1.82) is 0 Å². The van der Waals surface area contributed by atoms with Crippen molar-refractivity contribution in [3.8, 4) is 0 Å². The number of nitrogens with zero attached hydrogens (tertiary/aromatic N) is 1. The molecule has 1 saturated heterocycles. The lowest BCUT2D eigenvalue weighted by atomic mass is 9.42. The highest BCUT2D eigenvalue weighted by Crippen LogP contribution is 2.66. The number of rotatable bonds is 2. The van der Waals surface area contributed by atoms with Crippen molar-refractivity contribution in [2.75, 3.05) is 26.3 Å². The molecule has 0 unspecified atom stereocenters. The third kappa shape index (κ3) is 2.17. The van der Waals surface area contributed by atoms with E-state index in [4.69, 9.17) is 4.74 Å². The van der Waals surface area contributed by atoms with Crippen molar-refractivity contribution in [1.82, 2.24) is 4.90 Å². The molecular formula is C21H27NO2. The molecule has 1 amide bonds. The predicted molar refractivity (Wildman–Crippen MR) is 92.6 cm³/mol. The molecule has 1 aliphatic heterocycles. The fourth-order valence-electron chi connectivity index (χ4n) is 6.74. The van der Waals surface area contributed by atoms with Crippen molar-refractivity contribution in [2.45, 2.75) is 43.9 Å². The van der Waals surface area contributed by atoms with E-state index < -0.39 is 0 Å². The topological polar surface area (TPSA) is 29.5 Å². The predicted octanol–water partition coefficient (Wildman–Crippen LogP) is 3.38. The highest BCUT2D eigenvalue weighted by molar-refractivity contribution is 5.83. The van der Waals surface area contributed by atoms with Crippen LogP contribution in [-0.2, 0) is 14.9 Å². The van der Waals surface area contributed by atoms with Gasteiger partial charge in [-0.25, -0.2) is 0 Å². The van der Waals surface area contributed by atoms with Gasteiger partial charge in [0.15, 0.2) is 0 Å². The van der Waals surface area contributed by atoms with E-state index in [0.717, 1.165) is 44.2 Å². The molecule has 24 heavy (non-hydrogen) atoms. The van der Waals surface area contributed by atoms with Gasteiger partial charge in [0.25, 0.3) is 0 Å². The molecule has 128 valence electrons. The van der Waals surface area contributed by atoms with Crippen molar-refractivity contribution in [2.24, 2.45) is 17.3 Å². The van der Waals surface area contributed by atoms with Gasteiger partial charge in [-0.2, -0.15) is 0 Å². The van der Waals surface area contributed by atoms with E-state index in [1.807, 2.05) is 0 Å². The Labute approximate surface area is 144 Å². The lowest BCUT2D eigenvalue weighted by molar-refractivity contribution is -0.164. The lowest BCUT2D eigenvalue weighted by Gasteiger charge is -2.62. The Morgan fingerprint density at radius 3 is 2.33 bits per heavy atom. The molecule has 1 aromatic rings. The third-order valence-corrected chi connectivity index (χ3v) is 7.20. The van der Waals surface area contributed by atoms with Gasteiger partial charge in [0.1, 0.15) is 0 Å². The Hall–Kier alpha value is -1.35. The number of ether oxygens (including phenoxy) is 1. The van der Waals surface area contributed by atoms with Crippen LogP contribution in [0.5, 0.6) is 0 Å². The molecular weight excluding hydrogens is 298 g/mol. The Bertz CT molecular complexity index is 620. The zero-order valence-electron chi connectivity index (χ0n) is 14.4.